The van der Waals surface area contributed by atoms with E-state index in [2.05, 4.69) is 19.1 Å². The van der Waals surface area contributed by atoms with E-state index in [4.69, 9.17) is 10.5 Å². The number of benzene rings is 1. The number of hydrogen-bond donors (Lipinski definition) is 1. The summed E-state index contributed by atoms with van der Waals surface area (Å²) in [6.45, 7) is 4.25. The number of halogens is 1. The Balaban J connectivity index is 0.00000264. The number of hydrogen-bond acceptors (Lipinski definition) is 4. The molecule has 0 aromatic heterocycles. The first-order valence-corrected chi connectivity index (χ1v) is 9.33. The van der Waals surface area contributed by atoms with Crippen molar-refractivity contribution >= 4 is 30.1 Å². The lowest BCUT2D eigenvalue weighted by molar-refractivity contribution is -0.133. The zero-order valence-electron chi connectivity index (χ0n) is 13.9. The molecule has 2 N–H and O–H groups in total. The fourth-order valence-electron chi connectivity index (χ4n) is 2.63. The van der Waals surface area contributed by atoms with E-state index >= 15 is 0 Å². The van der Waals surface area contributed by atoms with Crippen LogP contribution in [0.4, 0.5) is 0 Å². The molecule has 4 nitrogen and oxygen atoms in total. The standard InChI is InChI=1S/C17H26N2O2S.ClH/c1-3-9-21-15-5-4-14-12-19(8-6-13(14)11-15)17(20)16(18)7-10-22-2;/h4-5,11,16H,3,6-10,12,18H2,1-2H3;1H. The maximum atomic E-state index is 12.4. The number of carbonyl (C=O) groups excluding carboxylic acids is 1. The van der Waals surface area contributed by atoms with Gasteiger partial charge in [0.25, 0.3) is 0 Å². The number of amides is 1. The summed E-state index contributed by atoms with van der Waals surface area (Å²) in [6, 6.07) is 5.81. The molecule has 1 aromatic carbocycles. The summed E-state index contributed by atoms with van der Waals surface area (Å²) < 4.78 is 5.68. The summed E-state index contributed by atoms with van der Waals surface area (Å²) >= 11 is 1.73. The van der Waals surface area contributed by atoms with Gasteiger partial charge in [0.1, 0.15) is 5.75 Å². The Morgan fingerprint density at radius 1 is 1.43 bits per heavy atom. The Kier molecular flexibility index (Phi) is 8.81. The van der Waals surface area contributed by atoms with Crippen molar-refractivity contribution in [3.05, 3.63) is 29.3 Å². The smallest absolute Gasteiger partial charge is 0.239 e. The Labute approximate surface area is 149 Å². The third-order valence-corrected chi connectivity index (χ3v) is 4.57. The third kappa shape index (κ3) is 5.59. The normalized spacial score (nSPS) is 14.7. The Morgan fingerprint density at radius 3 is 2.91 bits per heavy atom. The average molecular weight is 359 g/mol. The molecule has 2 rings (SSSR count). The van der Waals surface area contributed by atoms with Crippen LogP contribution in [0.2, 0.25) is 0 Å². The van der Waals surface area contributed by atoms with Crippen molar-refractivity contribution in [3.63, 3.8) is 0 Å². The number of carbonyl (C=O) groups is 1. The van der Waals surface area contributed by atoms with E-state index in [-0.39, 0.29) is 24.4 Å². The summed E-state index contributed by atoms with van der Waals surface area (Å²) in [4.78, 5) is 14.3. The predicted octanol–water partition coefficient (Wildman–Crippen LogP) is 2.86. The summed E-state index contributed by atoms with van der Waals surface area (Å²) in [5.41, 5.74) is 8.50. The van der Waals surface area contributed by atoms with Gasteiger partial charge in [0, 0.05) is 13.1 Å². The number of nitrogens with zero attached hydrogens (tertiary/aromatic N) is 1. The van der Waals surface area contributed by atoms with Crippen molar-refractivity contribution in [2.45, 2.75) is 38.8 Å². The first kappa shape index (κ1) is 20.1. The molecular formula is C17H27ClN2O2S. The maximum Gasteiger partial charge on any atom is 0.239 e. The number of nitrogens with two attached hydrogens (primary N) is 1. The molecule has 0 saturated heterocycles. The molecule has 1 aromatic rings. The van der Waals surface area contributed by atoms with E-state index < -0.39 is 0 Å². The molecule has 1 amide bonds. The van der Waals surface area contributed by atoms with Crippen molar-refractivity contribution in [3.8, 4) is 5.75 Å². The number of ether oxygens (including phenoxy) is 1. The highest BCUT2D eigenvalue weighted by Gasteiger charge is 2.24. The van der Waals surface area contributed by atoms with Crippen molar-refractivity contribution in [2.24, 2.45) is 5.73 Å². The van der Waals surface area contributed by atoms with Crippen LogP contribution in [0.5, 0.6) is 5.75 Å². The Hall–Kier alpha value is -0.910. The number of rotatable bonds is 7. The van der Waals surface area contributed by atoms with E-state index in [1.165, 1.54) is 11.1 Å². The van der Waals surface area contributed by atoms with Crippen molar-refractivity contribution < 1.29 is 9.53 Å². The SMILES string of the molecule is CCCOc1ccc2c(c1)CCN(C(=O)C(N)CCSC)C2.Cl. The average Bonchev–Trinajstić information content (AvgIpc) is 2.56. The molecule has 1 atom stereocenters. The van der Waals surface area contributed by atoms with Crippen LogP contribution in [-0.2, 0) is 17.8 Å². The van der Waals surface area contributed by atoms with Crippen molar-refractivity contribution in [1.29, 1.82) is 0 Å². The molecule has 1 unspecified atom stereocenters. The van der Waals surface area contributed by atoms with E-state index in [1.807, 2.05) is 17.2 Å². The van der Waals surface area contributed by atoms with Crippen LogP contribution in [0.1, 0.15) is 30.9 Å². The van der Waals surface area contributed by atoms with Crippen molar-refractivity contribution in [2.75, 3.05) is 25.2 Å². The summed E-state index contributed by atoms with van der Waals surface area (Å²) in [6.07, 6.45) is 4.66. The fraction of sp³-hybridized carbons (Fsp3) is 0.588. The summed E-state index contributed by atoms with van der Waals surface area (Å²) in [5.74, 6) is 1.93. The van der Waals surface area contributed by atoms with Gasteiger partial charge >= 0.3 is 0 Å². The summed E-state index contributed by atoms with van der Waals surface area (Å²) in [5, 5.41) is 0. The largest absolute Gasteiger partial charge is 0.494 e. The zero-order chi connectivity index (χ0) is 15.9. The first-order valence-electron chi connectivity index (χ1n) is 7.93. The van der Waals surface area contributed by atoms with Gasteiger partial charge in [-0.3, -0.25) is 4.79 Å². The van der Waals surface area contributed by atoms with Crippen LogP contribution in [0.3, 0.4) is 0 Å². The van der Waals surface area contributed by atoms with E-state index in [0.29, 0.717) is 6.54 Å². The van der Waals surface area contributed by atoms with E-state index in [9.17, 15) is 4.79 Å². The van der Waals surface area contributed by atoms with E-state index in [0.717, 1.165) is 43.9 Å². The molecule has 1 heterocycles. The second kappa shape index (κ2) is 10.1. The van der Waals surface area contributed by atoms with Gasteiger partial charge in [0.15, 0.2) is 0 Å². The molecule has 0 fully saturated rings. The maximum absolute atomic E-state index is 12.4. The van der Waals surface area contributed by atoms with Crippen LogP contribution < -0.4 is 10.5 Å². The molecular weight excluding hydrogens is 332 g/mol. The molecule has 0 radical (unpaired) electrons. The van der Waals surface area contributed by atoms with Crippen LogP contribution in [0.25, 0.3) is 0 Å². The van der Waals surface area contributed by atoms with Crippen molar-refractivity contribution in [1.82, 2.24) is 4.90 Å². The van der Waals surface area contributed by atoms with E-state index in [1.54, 1.807) is 11.8 Å². The van der Waals surface area contributed by atoms with Crippen LogP contribution in [0, 0.1) is 0 Å². The minimum atomic E-state index is -0.374. The van der Waals surface area contributed by atoms with Gasteiger partial charge in [-0.05, 0) is 54.5 Å². The minimum Gasteiger partial charge on any atom is -0.494 e. The lowest BCUT2D eigenvalue weighted by Crippen LogP contribution is -2.46. The molecule has 0 bridgehead atoms. The summed E-state index contributed by atoms with van der Waals surface area (Å²) in [7, 11) is 0. The second-order valence-corrected chi connectivity index (χ2v) is 6.66. The van der Waals surface area contributed by atoms with Crippen LogP contribution in [0.15, 0.2) is 18.2 Å². The fourth-order valence-corrected chi connectivity index (χ4v) is 3.12. The van der Waals surface area contributed by atoms with Gasteiger partial charge < -0.3 is 15.4 Å². The number of thioether (sulfide) groups is 1. The highest BCUT2D eigenvalue weighted by Crippen LogP contribution is 2.24. The molecule has 1 aliphatic rings. The molecule has 0 saturated carbocycles. The Morgan fingerprint density at radius 2 is 2.22 bits per heavy atom. The zero-order valence-corrected chi connectivity index (χ0v) is 15.5. The molecule has 0 spiro atoms. The quantitative estimate of drug-likeness (QED) is 0.814. The Bertz CT molecular complexity index is 513. The van der Waals surface area contributed by atoms with Gasteiger partial charge in [-0.2, -0.15) is 11.8 Å². The minimum absolute atomic E-state index is 0. The second-order valence-electron chi connectivity index (χ2n) is 5.68. The third-order valence-electron chi connectivity index (χ3n) is 3.92. The van der Waals surface area contributed by atoms with Gasteiger partial charge in [0.05, 0.1) is 12.6 Å². The van der Waals surface area contributed by atoms with Crippen LogP contribution >= 0.6 is 24.2 Å². The lowest BCUT2D eigenvalue weighted by atomic mass is 9.98. The molecule has 130 valence electrons. The van der Waals surface area contributed by atoms with Gasteiger partial charge in [0.2, 0.25) is 5.91 Å². The topological polar surface area (TPSA) is 55.6 Å². The van der Waals surface area contributed by atoms with Gasteiger partial charge in [-0.15, -0.1) is 12.4 Å². The highest BCUT2D eigenvalue weighted by molar-refractivity contribution is 7.98. The van der Waals surface area contributed by atoms with Gasteiger partial charge in [-0.25, -0.2) is 0 Å². The van der Waals surface area contributed by atoms with Gasteiger partial charge in [-0.1, -0.05) is 13.0 Å². The first-order chi connectivity index (χ1) is 10.7. The molecule has 1 aliphatic heterocycles. The molecule has 23 heavy (non-hydrogen) atoms. The lowest BCUT2D eigenvalue weighted by Gasteiger charge is -2.31. The number of fused-ring (bicyclic) bond motifs is 1. The monoisotopic (exact) mass is 358 g/mol. The highest BCUT2D eigenvalue weighted by atomic mass is 35.5. The molecule has 0 aliphatic carbocycles. The van der Waals surface area contributed by atoms with Crippen LogP contribution in [-0.4, -0.2) is 42.0 Å². The predicted molar refractivity (Wildman–Crippen MR) is 99.6 cm³/mol. The molecule has 6 heteroatoms.